The Kier molecular flexibility index (Phi) is 2.87. The summed E-state index contributed by atoms with van der Waals surface area (Å²) in [5.74, 6) is -0.0228. The third-order valence-electron chi connectivity index (χ3n) is 2.81. The average molecular weight is 291 g/mol. The van der Waals surface area contributed by atoms with E-state index in [1.54, 1.807) is 6.07 Å². The lowest BCUT2D eigenvalue weighted by molar-refractivity contribution is -0.401. The number of fused-ring (bicyclic) bond motifs is 1. The van der Waals surface area contributed by atoms with Gasteiger partial charge in [0, 0.05) is 4.88 Å². The van der Waals surface area contributed by atoms with Gasteiger partial charge in [-0.3, -0.25) is 14.9 Å². The van der Waals surface area contributed by atoms with Crippen molar-refractivity contribution in [3.63, 3.8) is 0 Å². The van der Waals surface area contributed by atoms with E-state index in [0.717, 1.165) is 11.3 Å². The number of rotatable bonds is 3. The molecule has 0 spiro atoms. The van der Waals surface area contributed by atoms with Gasteiger partial charge in [-0.1, -0.05) is 6.92 Å². The second kappa shape index (κ2) is 4.57. The number of furan rings is 1. The standard InChI is InChI=1S/C12H9N3O4S/c1-2-6-5-7-11(16)13-10(14-12(7)20-6)8-3-4-9(19-8)15(17)18/h3-5H,2H2,1H3,(H,13,14,16). The lowest BCUT2D eigenvalue weighted by Crippen LogP contribution is -2.07. The zero-order valence-corrected chi connectivity index (χ0v) is 11.2. The molecule has 0 aliphatic carbocycles. The van der Waals surface area contributed by atoms with Crippen molar-refractivity contribution in [2.75, 3.05) is 0 Å². The highest BCUT2D eigenvalue weighted by Crippen LogP contribution is 2.26. The molecule has 102 valence electrons. The highest BCUT2D eigenvalue weighted by Gasteiger charge is 2.16. The Bertz CT molecular complexity index is 861. The van der Waals surface area contributed by atoms with Crippen molar-refractivity contribution in [2.45, 2.75) is 13.3 Å². The first-order chi connectivity index (χ1) is 9.58. The zero-order chi connectivity index (χ0) is 14.3. The van der Waals surface area contributed by atoms with Crippen molar-refractivity contribution >= 4 is 27.4 Å². The van der Waals surface area contributed by atoms with Gasteiger partial charge in [-0.2, -0.15) is 0 Å². The molecule has 0 saturated heterocycles. The molecule has 1 N–H and O–H groups in total. The van der Waals surface area contributed by atoms with Crippen LogP contribution < -0.4 is 5.56 Å². The van der Waals surface area contributed by atoms with Gasteiger partial charge in [-0.15, -0.1) is 11.3 Å². The quantitative estimate of drug-likeness (QED) is 0.590. The van der Waals surface area contributed by atoms with Gasteiger partial charge in [0.25, 0.3) is 5.56 Å². The zero-order valence-electron chi connectivity index (χ0n) is 10.4. The van der Waals surface area contributed by atoms with Crippen LogP contribution in [0.2, 0.25) is 0 Å². The maximum atomic E-state index is 12.0. The van der Waals surface area contributed by atoms with Crippen LogP contribution in [0.15, 0.2) is 27.4 Å². The summed E-state index contributed by atoms with van der Waals surface area (Å²) in [7, 11) is 0. The molecule has 0 unspecified atom stereocenters. The van der Waals surface area contributed by atoms with Gasteiger partial charge in [-0.05, 0) is 18.6 Å². The topological polar surface area (TPSA) is 102 Å². The normalized spacial score (nSPS) is 11.1. The number of nitrogens with zero attached hydrogens (tertiary/aromatic N) is 2. The molecule has 0 aromatic carbocycles. The summed E-state index contributed by atoms with van der Waals surface area (Å²) < 4.78 is 5.04. The van der Waals surface area contributed by atoms with E-state index >= 15 is 0 Å². The number of thiophene rings is 1. The van der Waals surface area contributed by atoms with E-state index in [2.05, 4.69) is 9.97 Å². The van der Waals surface area contributed by atoms with E-state index in [1.807, 2.05) is 6.92 Å². The number of hydrogen-bond donors (Lipinski definition) is 1. The Hall–Kier alpha value is -2.48. The van der Waals surface area contributed by atoms with Gasteiger partial charge in [-0.25, -0.2) is 4.98 Å². The predicted octanol–water partition coefficient (Wildman–Crippen LogP) is 2.72. The summed E-state index contributed by atoms with van der Waals surface area (Å²) in [6.07, 6.45) is 0.821. The predicted molar refractivity (Wildman–Crippen MR) is 74.0 cm³/mol. The molecule has 8 heteroatoms. The lowest BCUT2D eigenvalue weighted by atomic mass is 10.3. The Labute approximate surface area is 116 Å². The first kappa shape index (κ1) is 12.5. The Morgan fingerprint density at radius 2 is 2.30 bits per heavy atom. The fraction of sp³-hybridized carbons (Fsp3) is 0.167. The largest absolute Gasteiger partial charge is 0.433 e. The van der Waals surface area contributed by atoms with Crippen LogP contribution in [0.25, 0.3) is 21.8 Å². The Morgan fingerprint density at radius 1 is 1.50 bits per heavy atom. The molecule has 3 aromatic heterocycles. The second-order valence-electron chi connectivity index (χ2n) is 4.09. The molecule has 0 amide bonds. The molecular formula is C12H9N3O4S. The molecule has 3 heterocycles. The van der Waals surface area contributed by atoms with Crippen LogP contribution in [0, 0.1) is 10.1 Å². The van der Waals surface area contributed by atoms with Crippen LogP contribution >= 0.6 is 11.3 Å². The fourth-order valence-corrected chi connectivity index (χ4v) is 2.79. The molecule has 7 nitrogen and oxygen atoms in total. The number of aromatic nitrogens is 2. The van der Waals surface area contributed by atoms with Gasteiger partial charge >= 0.3 is 5.88 Å². The summed E-state index contributed by atoms with van der Waals surface area (Å²) in [6, 6.07) is 4.45. The number of aryl methyl sites for hydroxylation is 1. The maximum absolute atomic E-state index is 12.0. The molecule has 0 saturated carbocycles. The van der Waals surface area contributed by atoms with Gasteiger partial charge in [0.2, 0.25) is 0 Å². The van der Waals surface area contributed by atoms with Crippen molar-refractivity contribution in [3.05, 3.63) is 43.5 Å². The van der Waals surface area contributed by atoms with Crippen molar-refractivity contribution in [1.82, 2.24) is 9.97 Å². The first-order valence-corrected chi connectivity index (χ1v) is 6.67. The summed E-state index contributed by atoms with van der Waals surface area (Å²) in [6.45, 7) is 2.00. The molecule has 3 rings (SSSR count). The number of hydrogen-bond acceptors (Lipinski definition) is 6. The van der Waals surface area contributed by atoms with E-state index in [0.29, 0.717) is 10.2 Å². The fourth-order valence-electron chi connectivity index (χ4n) is 1.83. The van der Waals surface area contributed by atoms with Crippen LogP contribution in [-0.2, 0) is 6.42 Å². The highest BCUT2D eigenvalue weighted by molar-refractivity contribution is 7.18. The summed E-state index contributed by atoms with van der Waals surface area (Å²) >= 11 is 1.43. The van der Waals surface area contributed by atoms with Crippen molar-refractivity contribution in [1.29, 1.82) is 0 Å². The van der Waals surface area contributed by atoms with Crippen LogP contribution in [-0.4, -0.2) is 14.9 Å². The number of nitrogens with one attached hydrogen (secondary N) is 1. The summed E-state index contributed by atoms with van der Waals surface area (Å²) in [5, 5.41) is 11.1. The number of nitro groups is 1. The van der Waals surface area contributed by atoms with Crippen LogP contribution in [0.5, 0.6) is 0 Å². The Morgan fingerprint density at radius 3 is 2.95 bits per heavy atom. The maximum Gasteiger partial charge on any atom is 0.433 e. The second-order valence-corrected chi connectivity index (χ2v) is 5.21. The molecule has 0 aliphatic heterocycles. The minimum Gasteiger partial charge on any atom is -0.397 e. The SMILES string of the molecule is CCc1cc2c(=O)[nH]c(-c3ccc([N+](=O)[O-])o3)nc2s1. The first-order valence-electron chi connectivity index (χ1n) is 5.86. The van der Waals surface area contributed by atoms with Crippen molar-refractivity contribution in [3.8, 4) is 11.6 Å². The molecule has 20 heavy (non-hydrogen) atoms. The number of aromatic amines is 1. The molecular weight excluding hydrogens is 282 g/mol. The minimum atomic E-state index is -0.638. The lowest BCUT2D eigenvalue weighted by Gasteiger charge is -1.95. The van der Waals surface area contributed by atoms with Crippen LogP contribution in [0.1, 0.15) is 11.8 Å². The summed E-state index contributed by atoms with van der Waals surface area (Å²) in [5.41, 5.74) is -0.278. The molecule has 0 bridgehead atoms. The third kappa shape index (κ3) is 1.99. The highest BCUT2D eigenvalue weighted by atomic mass is 32.1. The summed E-state index contributed by atoms with van der Waals surface area (Å²) in [4.78, 5) is 30.5. The molecule has 0 radical (unpaired) electrons. The minimum absolute atomic E-state index is 0.169. The third-order valence-corrected chi connectivity index (χ3v) is 3.98. The van der Waals surface area contributed by atoms with E-state index in [-0.39, 0.29) is 23.0 Å². The Balaban J connectivity index is 2.15. The van der Waals surface area contributed by atoms with Gasteiger partial charge in [0.15, 0.2) is 11.6 Å². The average Bonchev–Trinajstić information content (AvgIpc) is 3.05. The van der Waals surface area contributed by atoms with E-state index in [1.165, 1.54) is 23.5 Å². The van der Waals surface area contributed by atoms with Crippen molar-refractivity contribution in [2.24, 2.45) is 0 Å². The van der Waals surface area contributed by atoms with Crippen molar-refractivity contribution < 1.29 is 9.34 Å². The number of H-pyrrole nitrogens is 1. The smallest absolute Gasteiger partial charge is 0.397 e. The van der Waals surface area contributed by atoms with E-state index in [4.69, 9.17) is 4.42 Å². The van der Waals surface area contributed by atoms with Crippen LogP contribution in [0.4, 0.5) is 5.88 Å². The van der Waals surface area contributed by atoms with Gasteiger partial charge in [0.1, 0.15) is 9.75 Å². The molecule has 0 fully saturated rings. The van der Waals surface area contributed by atoms with Gasteiger partial charge in [0.05, 0.1) is 11.5 Å². The molecule has 0 aliphatic rings. The van der Waals surface area contributed by atoms with Gasteiger partial charge < -0.3 is 9.40 Å². The van der Waals surface area contributed by atoms with E-state index in [9.17, 15) is 14.9 Å². The molecule has 3 aromatic rings. The molecule has 0 atom stereocenters. The van der Waals surface area contributed by atoms with E-state index < -0.39 is 4.92 Å². The monoisotopic (exact) mass is 291 g/mol. The van der Waals surface area contributed by atoms with Crippen LogP contribution in [0.3, 0.4) is 0 Å².